The van der Waals surface area contributed by atoms with Crippen LogP contribution in [0.1, 0.15) is 250 Å². The molecule has 1 aromatic rings. The number of aliphatic carboxylic acids is 1. The topological polar surface area (TPSA) is 168 Å². The summed E-state index contributed by atoms with van der Waals surface area (Å²) in [5.41, 5.74) is 5.50. The maximum absolute atomic E-state index is 14.8. The summed E-state index contributed by atoms with van der Waals surface area (Å²) < 4.78 is 77.4. The van der Waals surface area contributed by atoms with E-state index in [0.29, 0.717) is 64.7 Å². The van der Waals surface area contributed by atoms with E-state index in [-0.39, 0.29) is 88.8 Å². The van der Waals surface area contributed by atoms with Gasteiger partial charge in [0.1, 0.15) is 17.9 Å². The van der Waals surface area contributed by atoms with E-state index in [9.17, 15) is 14.7 Å². The summed E-state index contributed by atoms with van der Waals surface area (Å²) in [4.78, 5) is 28.4. The van der Waals surface area contributed by atoms with E-state index in [1.165, 1.54) is 5.57 Å². The van der Waals surface area contributed by atoms with Gasteiger partial charge in [-0.2, -0.15) is 0 Å². The summed E-state index contributed by atoms with van der Waals surface area (Å²) >= 11 is 0. The molecule has 0 bridgehead atoms. The fraction of sp³-hybridized carbons (Fsp3) is 0.839. The van der Waals surface area contributed by atoms with Crippen molar-refractivity contribution in [3.63, 3.8) is 0 Å². The third-order valence-electron chi connectivity index (χ3n) is 26.4. The highest BCUT2D eigenvalue weighted by Gasteiger charge is 2.53. The van der Waals surface area contributed by atoms with E-state index in [4.69, 9.17) is 50.6 Å². The van der Waals surface area contributed by atoms with Crippen molar-refractivity contribution in [3.05, 3.63) is 65.8 Å². The van der Waals surface area contributed by atoms with Gasteiger partial charge in [0.2, 0.25) is 16.6 Å². The Labute approximate surface area is 661 Å². The van der Waals surface area contributed by atoms with Crippen LogP contribution < -0.4 is 10.1 Å². The predicted octanol–water partition coefficient (Wildman–Crippen LogP) is 23.0. The number of hydrogen-bond acceptors (Lipinski definition) is 14. The van der Waals surface area contributed by atoms with Crippen LogP contribution in [-0.4, -0.2) is 161 Å². The fourth-order valence-electron chi connectivity index (χ4n) is 17.9. The zero-order valence-electron chi connectivity index (χ0n) is 74.8. The summed E-state index contributed by atoms with van der Waals surface area (Å²) in [6.07, 6.45) is 9.95. The average Bonchev–Trinajstić information content (AvgIpc) is 0.871. The SMILES string of the molecule is C=CC[C@H](/C=C(\C)C[C@H](C)C[C@H](OC)[C@@H](O[Si](C)(C)C(C)(C)C)[C@H](C[C@@H](C)[C@@H](O[Si](CC)(CC)CC)[C@H](OCc1ccc(OC)cc1)C(=O)O)OC)[C@@H](C[C@H](O[Si](C)(C)C(C)(C)C)[C@@H](C)[C@H](OC(=O)[C@@H]1CCCN1)/C(C)=C/C1CC[C@@H](O[Si](C(C)C)(C(C)C)C(C)C)[C@H](OC)C1)O[Si](C(C)C)(C(C)C)C(C)C. The lowest BCUT2D eigenvalue weighted by Crippen LogP contribution is -2.54. The number of hydrogen-bond donors (Lipinski definition) is 2. The van der Waals surface area contributed by atoms with Gasteiger partial charge in [0.15, 0.2) is 31.1 Å². The molecule has 2 aliphatic rings. The largest absolute Gasteiger partial charge is 0.497 e. The molecule has 0 amide bonds. The third kappa shape index (κ3) is 27.0. The molecule has 16 atom stereocenters. The molecule has 622 valence electrons. The zero-order valence-corrected chi connectivity index (χ0v) is 79.8. The summed E-state index contributed by atoms with van der Waals surface area (Å²) in [5, 5.41) is 14.4. The summed E-state index contributed by atoms with van der Waals surface area (Å²) in [5.74, 6) is -0.852. The van der Waals surface area contributed by atoms with Crippen LogP contribution in [0.3, 0.4) is 0 Å². The molecular weight excluding hydrogens is 1420 g/mol. The van der Waals surface area contributed by atoms with Gasteiger partial charge in [-0.05, 0) is 213 Å². The number of allylic oxidation sites excluding steroid dienone is 3. The van der Waals surface area contributed by atoms with Crippen molar-refractivity contribution in [2.45, 2.75) is 406 Å². The van der Waals surface area contributed by atoms with Crippen LogP contribution in [0.25, 0.3) is 0 Å². The molecule has 1 aliphatic carbocycles. The second-order valence-electron chi connectivity index (χ2n) is 37.8. The van der Waals surface area contributed by atoms with Gasteiger partial charge in [-0.1, -0.05) is 202 Å². The number of carbonyl (C=O) groups excluding carboxylic acids is 1. The minimum Gasteiger partial charge on any atom is -0.497 e. The van der Waals surface area contributed by atoms with Crippen LogP contribution >= 0.6 is 0 Å². The molecule has 1 heterocycles. The first-order valence-corrected chi connectivity index (χ1v) is 54.6. The molecule has 0 spiro atoms. The van der Waals surface area contributed by atoms with E-state index in [1.54, 1.807) is 21.3 Å². The Hall–Kier alpha value is -2.14. The first kappa shape index (κ1) is 99.1. The first-order chi connectivity index (χ1) is 49.6. The number of carbonyl (C=O) groups is 2. The quantitative estimate of drug-likeness (QED) is 0.0359. The van der Waals surface area contributed by atoms with Crippen LogP contribution in [0.2, 0.25) is 87.6 Å². The number of benzene rings is 1. The van der Waals surface area contributed by atoms with Gasteiger partial charge in [0, 0.05) is 33.2 Å². The number of carboxylic acid groups (broad SMARTS) is 1. The molecule has 20 heteroatoms. The van der Waals surface area contributed by atoms with Crippen LogP contribution in [-0.2, 0) is 62.0 Å². The van der Waals surface area contributed by atoms with Gasteiger partial charge in [-0.3, -0.25) is 4.79 Å². The number of carboxylic acids is 1. The predicted molar refractivity (Wildman–Crippen MR) is 460 cm³/mol. The lowest BCUT2D eigenvalue weighted by atomic mass is 9.81. The monoisotopic (exact) mass is 1590 g/mol. The van der Waals surface area contributed by atoms with Crippen molar-refractivity contribution in [2.75, 3.05) is 35.0 Å². The molecule has 1 aromatic carbocycles. The minimum atomic E-state index is -2.61. The molecule has 0 radical (unpaired) electrons. The molecule has 1 saturated carbocycles. The number of nitrogens with one attached hydrogen (secondary N) is 1. The first-order valence-electron chi connectivity index (χ1n) is 42.0. The molecule has 1 aliphatic heterocycles. The Morgan fingerprint density at radius 2 is 1.15 bits per heavy atom. The standard InChI is InChI=1S/C87H165NO14Si5/c1-36-41-71(51-64(17)50-65(18)52-78(94-30)82(101-104(34,35)87(25,26)27)79(95-31)54-67(20)81(102-105(37-2,38-3)39-4)83(84(89)90)96-57-69-43-46-72(92-28)47-44-69)76(100-107(61(11)12,62(13)14)63(15)16)56-75(98-103(32,33)86(22,23)24)68(21)80(97-85(91)73-42-40-49-88-73)66(19)53-70-45-48-74(77(55-70)93-29)99-106(58(5)6,59(7)8)60(9)10/h36,43-44,46-47,51,53,58-63,65,67-68,70-71,73-83,88H,1,37-42,45,48-50,52,54-57H2,2-35H3,(H,89,90)/b64-51+,66-53+/t65-,67+,68+,70?,71+,73-,74+,75-,76+,77+,78-,79-,80+,81+,82+,83-/m0/s1. The van der Waals surface area contributed by atoms with Crippen molar-refractivity contribution < 1.29 is 65.2 Å². The number of esters is 1. The molecule has 1 saturated heterocycles. The Bertz CT molecular complexity index is 2770. The van der Waals surface area contributed by atoms with Gasteiger partial charge in [0.05, 0.1) is 62.5 Å². The Morgan fingerprint density at radius 1 is 0.626 bits per heavy atom. The molecular formula is C87H165NO14Si5. The number of methoxy groups -OCH3 is 4. The Morgan fingerprint density at radius 3 is 1.60 bits per heavy atom. The molecule has 107 heavy (non-hydrogen) atoms. The highest BCUT2D eigenvalue weighted by molar-refractivity contribution is 6.78. The van der Waals surface area contributed by atoms with E-state index in [1.807, 2.05) is 31.4 Å². The van der Waals surface area contributed by atoms with Crippen LogP contribution in [0.4, 0.5) is 0 Å². The Balaban J connectivity index is 2.31. The van der Waals surface area contributed by atoms with Crippen LogP contribution in [0, 0.1) is 29.6 Å². The van der Waals surface area contributed by atoms with E-state index in [2.05, 4.69) is 236 Å². The lowest BCUT2D eigenvalue weighted by molar-refractivity contribution is -0.163. The van der Waals surface area contributed by atoms with Crippen LogP contribution in [0.15, 0.2) is 60.2 Å². The third-order valence-corrected chi connectivity index (χ3v) is 52.3. The second kappa shape index (κ2) is 44.1. The molecule has 2 fully saturated rings. The van der Waals surface area contributed by atoms with Gasteiger partial charge < -0.3 is 61.0 Å². The van der Waals surface area contributed by atoms with Crippen molar-refractivity contribution in [1.29, 1.82) is 0 Å². The summed E-state index contributed by atoms with van der Waals surface area (Å²) in [7, 11) is -5.26. The Kier molecular flexibility index (Phi) is 40.8. The minimum absolute atomic E-state index is 0.0255. The van der Waals surface area contributed by atoms with Gasteiger partial charge in [-0.15, -0.1) is 6.58 Å². The van der Waals surface area contributed by atoms with Crippen molar-refractivity contribution in [3.8, 4) is 5.75 Å². The summed E-state index contributed by atoms with van der Waals surface area (Å²) in [6.45, 7) is 74.6. The maximum atomic E-state index is 14.8. The van der Waals surface area contributed by atoms with Crippen molar-refractivity contribution in [1.82, 2.24) is 5.32 Å². The van der Waals surface area contributed by atoms with Crippen molar-refractivity contribution >= 4 is 53.5 Å². The maximum Gasteiger partial charge on any atom is 0.335 e. The molecule has 1 unspecified atom stereocenters. The average molecular weight is 1590 g/mol. The van der Waals surface area contributed by atoms with Crippen LogP contribution in [0.5, 0.6) is 5.75 Å². The van der Waals surface area contributed by atoms with Gasteiger partial charge in [-0.25, -0.2) is 4.79 Å². The number of ether oxygens (including phenoxy) is 6. The highest BCUT2D eigenvalue weighted by atomic mass is 28.4. The van der Waals surface area contributed by atoms with Crippen molar-refractivity contribution in [2.24, 2.45) is 29.6 Å². The second-order valence-corrected chi connectivity index (χ2v) is 62.9. The van der Waals surface area contributed by atoms with E-state index in [0.717, 1.165) is 74.3 Å². The van der Waals surface area contributed by atoms with E-state index < -0.39 is 78.1 Å². The molecule has 0 aromatic heterocycles. The smallest absolute Gasteiger partial charge is 0.335 e. The van der Waals surface area contributed by atoms with E-state index >= 15 is 0 Å². The molecule has 2 N–H and O–H groups in total. The number of rotatable bonds is 49. The summed E-state index contributed by atoms with van der Waals surface area (Å²) in [6, 6.07) is 9.73. The zero-order chi connectivity index (χ0) is 81.7. The molecule has 15 nitrogen and oxygen atoms in total. The fourth-order valence-corrected chi connectivity index (χ4v) is 34.9. The normalized spacial score (nSPS) is 21.5. The highest BCUT2D eigenvalue weighted by Crippen LogP contribution is 2.49. The van der Waals surface area contributed by atoms with Gasteiger partial charge in [0.25, 0.3) is 0 Å². The van der Waals surface area contributed by atoms with Gasteiger partial charge >= 0.3 is 11.9 Å². The lowest BCUT2D eigenvalue weighted by Gasteiger charge is -2.48. The molecule has 3 rings (SSSR count).